The first-order valence-corrected chi connectivity index (χ1v) is 7.85. The molecule has 1 aliphatic rings. The van der Waals surface area contributed by atoms with Crippen LogP contribution in [-0.4, -0.2) is 61.7 Å². The van der Waals surface area contributed by atoms with Gasteiger partial charge in [-0.15, -0.1) is 0 Å². The molecule has 1 heterocycles. The van der Waals surface area contributed by atoms with Crippen LogP contribution in [0.15, 0.2) is 0 Å². The molecule has 1 rings (SSSR count). The third kappa shape index (κ3) is 5.68. The van der Waals surface area contributed by atoms with Gasteiger partial charge < -0.3 is 10.2 Å². The summed E-state index contributed by atoms with van der Waals surface area (Å²) in [6.07, 6.45) is 2.51. The van der Waals surface area contributed by atoms with E-state index in [0.717, 1.165) is 12.5 Å². The Labute approximate surface area is 114 Å². The molecular weight excluding hydrogens is 222 g/mol. The van der Waals surface area contributed by atoms with Crippen LogP contribution in [0.3, 0.4) is 0 Å². The smallest absolute Gasteiger partial charge is 0.0217 e. The number of hydrogen-bond donors (Lipinski definition) is 1. The molecule has 0 spiro atoms. The Hall–Kier alpha value is -0.120. The highest BCUT2D eigenvalue weighted by Gasteiger charge is 2.20. The van der Waals surface area contributed by atoms with E-state index < -0.39 is 0 Å². The number of hydrogen-bond acceptors (Lipinski definition) is 3. The lowest BCUT2D eigenvalue weighted by atomic mass is 10.0. The van der Waals surface area contributed by atoms with Crippen molar-refractivity contribution in [3.8, 4) is 0 Å². The maximum absolute atomic E-state index is 3.70. The molecule has 108 valence electrons. The average molecular weight is 255 g/mol. The lowest BCUT2D eigenvalue weighted by Gasteiger charge is -2.37. The second-order valence-electron chi connectivity index (χ2n) is 5.95. The zero-order chi connectivity index (χ0) is 13.4. The van der Waals surface area contributed by atoms with Crippen LogP contribution in [0, 0.1) is 5.92 Å². The third-order valence-corrected chi connectivity index (χ3v) is 3.92. The standard InChI is InChI=1S/C15H33N3/c1-5-7-16-15(14(3)4)13-18-11-9-17(8-6-2)10-12-18/h14-16H,5-13H2,1-4H3. The first-order chi connectivity index (χ1) is 8.67. The minimum Gasteiger partial charge on any atom is -0.312 e. The molecule has 3 heteroatoms. The van der Waals surface area contributed by atoms with Gasteiger partial charge in [-0.25, -0.2) is 0 Å². The summed E-state index contributed by atoms with van der Waals surface area (Å²) < 4.78 is 0. The second kappa shape index (κ2) is 8.89. The molecule has 1 N–H and O–H groups in total. The van der Waals surface area contributed by atoms with Gasteiger partial charge in [0.05, 0.1) is 0 Å². The van der Waals surface area contributed by atoms with Gasteiger partial charge in [-0.3, -0.25) is 4.90 Å². The highest BCUT2D eigenvalue weighted by Crippen LogP contribution is 2.08. The molecule has 0 aliphatic carbocycles. The molecule has 18 heavy (non-hydrogen) atoms. The van der Waals surface area contributed by atoms with Crippen molar-refractivity contribution in [2.45, 2.75) is 46.6 Å². The van der Waals surface area contributed by atoms with Gasteiger partial charge in [0.15, 0.2) is 0 Å². The molecule has 0 aromatic carbocycles. The Morgan fingerprint density at radius 3 is 2.06 bits per heavy atom. The number of nitrogens with one attached hydrogen (secondary N) is 1. The lowest BCUT2D eigenvalue weighted by Crippen LogP contribution is -2.52. The maximum atomic E-state index is 3.70. The van der Waals surface area contributed by atoms with E-state index in [4.69, 9.17) is 0 Å². The van der Waals surface area contributed by atoms with Crippen LogP contribution in [0.1, 0.15) is 40.5 Å². The third-order valence-electron chi connectivity index (χ3n) is 3.92. The highest BCUT2D eigenvalue weighted by molar-refractivity contribution is 4.79. The monoisotopic (exact) mass is 255 g/mol. The first kappa shape index (κ1) is 15.9. The fourth-order valence-electron chi connectivity index (χ4n) is 2.63. The normalized spacial score (nSPS) is 20.5. The maximum Gasteiger partial charge on any atom is 0.0217 e. The molecule has 1 aliphatic heterocycles. The zero-order valence-corrected chi connectivity index (χ0v) is 12.9. The largest absolute Gasteiger partial charge is 0.312 e. The summed E-state index contributed by atoms with van der Waals surface area (Å²) >= 11 is 0. The van der Waals surface area contributed by atoms with E-state index in [-0.39, 0.29) is 0 Å². The SMILES string of the molecule is CCCNC(CN1CCN(CCC)CC1)C(C)C. The van der Waals surface area contributed by atoms with E-state index in [0.29, 0.717) is 6.04 Å². The van der Waals surface area contributed by atoms with Crippen LogP contribution in [0.4, 0.5) is 0 Å². The molecule has 1 atom stereocenters. The van der Waals surface area contributed by atoms with Gasteiger partial charge in [-0.05, 0) is 31.8 Å². The summed E-state index contributed by atoms with van der Waals surface area (Å²) in [6, 6.07) is 0.655. The van der Waals surface area contributed by atoms with Crippen molar-refractivity contribution in [2.24, 2.45) is 5.92 Å². The molecule has 0 amide bonds. The highest BCUT2D eigenvalue weighted by atomic mass is 15.3. The van der Waals surface area contributed by atoms with E-state index in [1.54, 1.807) is 0 Å². The molecule has 0 radical (unpaired) electrons. The summed E-state index contributed by atoms with van der Waals surface area (Å²) in [6.45, 7) is 17.8. The van der Waals surface area contributed by atoms with Crippen LogP contribution >= 0.6 is 0 Å². The summed E-state index contributed by atoms with van der Waals surface area (Å²) in [7, 11) is 0. The second-order valence-corrected chi connectivity index (χ2v) is 5.95. The van der Waals surface area contributed by atoms with Crippen LogP contribution in [0.5, 0.6) is 0 Å². The van der Waals surface area contributed by atoms with Gasteiger partial charge in [0.25, 0.3) is 0 Å². The zero-order valence-electron chi connectivity index (χ0n) is 12.9. The van der Waals surface area contributed by atoms with Crippen LogP contribution in [0.2, 0.25) is 0 Å². The summed E-state index contributed by atoms with van der Waals surface area (Å²) in [5.74, 6) is 0.727. The van der Waals surface area contributed by atoms with Gasteiger partial charge >= 0.3 is 0 Å². The molecule has 1 fully saturated rings. The molecule has 0 aromatic heterocycles. The Balaban J connectivity index is 2.28. The van der Waals surface area contributed by atoms with Crippen LogP contribution in [0.25, 0.3) is 0 Å². The summed E-state index contributed by atoms with van der Waals surface area (Å²) in [5.41, 5.74) is 0. The Morgan fingerprint density at radius 2 is 1.56 bits per heavy atom. The molecule has 1 unspecified atom stereocenters. The van der Waals surface area contributed by atoms with Crippen molar-refractivity contribution in [2.75, 3.05) is 45.8 Å². The molecular formula is C15H33N3. The molecule has 0 aromatic rings. The summed E-state index contributed by atoms with van der Waals surface area (Å²) in [5, 5.41) is 3.70. The van der Waals surface area contributed by atoms with Crippen LogP contribution < -0.4 is 5.32 Å². The molecule has 1 saturated heterocycles. The quantitative estimate of drug-likeness (QED) is 0.716. The van der Waals surface area contributed by atoms with Gasteiger partial charge in [-0.2, -0.15) is 0 Å². The van der Waals surface area contributed by atoms with Crippen molar-refractivity contribution in [1.29, 1.82) is 0 Å². The van der Waals surface area contributed by atoms with Gasteiger partial charge in [0, 0.05) is 38.8 Å². The minimum atomic E-state index is 0.655. The van der Waals surface area contributed by atoms with Crippen molar-refractivity contribution in [3.63, 3.8) is 0 Å². The topological polar surface area (TPSA) is 18.5 Å². The van der Waals surface area contributed by atoms with E-state index in [2.05, 4.69) is 42.8 Å². The van der Waals surface area contributed by atoms with Crippen molar-refractivity contribution in [1.82, 2.24) is 15.1 Å². The molecule has 0 saturated carbocycles. The van der Waals surface area contributed by atoms with Gasteiger partial charge in [0.1, 0.15) is 0 Å². The Morgan fingerprint density at radius 1 is 0.944 bits per heavy atom. The number of piperazine rings is 1. The average Bonchev–Trinajstić information content (AvgIpc) is 2.36. The van der Waals surface area contributed by atoms with Crippen LogP contribution in [-0.2, 0) is 0 Å². The van der Waals surface area contributed by atoms with Gasteiger partial charge in [-0.1, -0.05) is 27.7 Å². The lowest BCUT2D eigenvalue weighted by molar-refractivity contribution is 0.116. The van der Waals surface area contributed by atoms with E-state index in [1.165, 1.54) is 52.1 Å². The summed E-state index contributed by atoms with van der Waals surface area (Å²) in [4.78, 5) is 5.24. The van der Waals surface area contributed by atoms with Gasteiger partial charge in [0.2, 0.25) is 0 Å². The van der Waals surface area contributed by atoms with Crippen molar-refractivity contribution in [3.05, 3.63) is 0 Å². The molecule has 0 bridgehead atoms. The Bertz CT molecular complexity index is 198. The minimum absolute atomic E-state index is 0.655. The van der Waals surface area contributed by atoms with Crippen molar-refractivity contribution < 1.29 is 0 Å². The predicted octanol–water partition coefficient (Wildman–Crippen LogP) is 2.04. The predicted molar refractivity (Wildman–Crippen MR) is 80.1 cm³/mol. The first-order valence-electron chi connectivity index (χ1n) is 7.85. The molecule has 3 nitrogen and oxygen atoms in total. The fraction of sp³-hybridized carbons (Fsp3) is 1.00. The van der Waals surface area contributed by atoms with E-state index >= 15 is 0 Å². The van der Waals surface area contributed by atoms with E-state index in [1.807, 2.05) is 0 Å². The number of nitrogens with zero attached hydrogens (tertiary/aromatic N) is 2. The number of rotatable bonds is 8. The Kier molecular flexibility index (Phi) is 7.87. The van der Waals surface area contributed by atoms with Crippen molar-refractivity contribution >= 4 is 0 Å². The fourth-order valence-corrected chi connectivity index (χ4v) is 2.63. The van der Waals surface area contributed by atoms with E-state index in [9.17, 15) is 0 Å².